The van der Waals surface area contributed by atoms with Crippen molar-refractivity contribution in [1.29, 1.82) is 0 Å². The highest BCUT2D eigenvalue weighted by Gasteiger charge is 2.67. The van der Waals surface area contributed by atoms with Gasteiger partial charge in [-0.2, -0.15) is 0 Å². The Labute approximate surface area is 107 Å². The number of ether oxygens (including phenoxy) is 1. The van der Waals surface area contributed by atoms with Gasteiger partial charge in [0.1, 0.15) is 0 Å². The van der Waals surface area contributed by atoms with Crippen LogP contribution in [0.1, 0.15) is 30.6 Å². The molecule has 4 nitrogen and oxygen atoms in total. The van der Waals surface area contributed by atoms with Crippen LogP contribution >= 0.6 is 0 Å². The van der Waals surface area contributed by atoms with E-state index in [0.29, 0.717) is 12.0 Å². The molecule has 1 saturated heterocycles. The van der Waals surface area contributed by atoms with Gasteiger partial charge in [0, 0.05) is 5.56 Å². The number of methoxy groups -OCH3 is 1. The second-order valence-corrected chi connectivity index (χ2v) is 4.49. The van der Waals surface area contributed by atoms with E-state index in [0.717, 1.165) is 0 Å². The molecule has 2 atom stereocenters. The molecule has 18 heavy (non-hydrogen) atoms. The first kappa shape index (κ1) is 12.6. The first-order chi connectivity index (χ1) is 8.59. The predicted molar refractivity (Wildman–Crippen MR) is 67.1 cm³/mol. The summed E-state index contributed by atoms with van der Waals surface area (Å²) in [6.07, 6.45) is 0.569. The van der Waals surface area contributed by atoms with Crippen molar-refractivity contribution in [3.05, 3.63) is 35.9 Å². The van der Waals surface area contributed by atoms with Gasteiger partial charge >= 0.3 is 5.97 Å². The summed E-state index contributed by atoms with van der Waals surface area (Å²) in [5.74, 6) is -0.447. The Balaban J connectivity index is 2.26. The van der Waals surface area contributed by atoms with E-state index >= 15 is 0 Å². The highest BCUT2D eigenvalue weighted by atomic mass is 16.5. The van der Waals surface area contributed by atoms with E-state index in [1.54, 1.807) is 17.0 Å². The van der Waals surface area contributed by atoms with Gasteiger partial charge in [0.05, 0.1) is 13.2 Å². The van der Waals surface area contributed by atoms with Crippen molar-refractivity contribution in [2.45, 2.75) is 31.8 Å². The predicted octanol–water partition coefficient (Wildman–Crippen LogP) is 1.85. The lowest BCUT2D eigenvalue weighted by atomic mass is 10.0. The first-order valence-corrected chi connectivity index (χ1v) is 6.06. The van der Waals surface area contributed by atoms with Crippen LogP contribution in [0.25, 0.3) is 0 Å². The van der Waals surface area contributed by atoms with Crippen molar-refractivity contribution in [1.82, 2.24) is 4.90 Å². The van der Waals surface area contributed by atoms with Crippen LogP contribution in [0.3, 0.4) is 0 Å². The van der Waals surface area contributed by atoms with Crippen LogP contribution in [-0.2, 0) is 9.53 Å². The van der Waals surface area contributed by atoms with Crippen molar-refractivity contribution in [3.8, 4) is 0 Å². The molecule has 1 aromatic carbocycles. The van der Waals surface area contributed by atoms with Crippen molar-refractivity contribution in [2.75, 3.05) is 7.11 Å². The molecule has 0 radical (unpaired) electrons. The van der Waals surface area contributed by atoms with E-state index < -0.39 is 5.54 Å². The minimum Gasteiger partial charge on any atom is -0.467 e. The molecule has 1 amide bonds. The molecule has 2 rings (SSSR count). The normalized spacial score (nSPS) is 25.7. The zero-order valence-corrected chi connectivity index (χ0v) is 10.8. The average Bonchev–Trinajstić information content (AvgIpc) is 3.04. The lowest BCUT2D eigenvalue weighted by Crippen LogP contribution is -2.33. The van der Waals surface area contributed by atoms with Gasteiger partial charge in [-0.1, -0.05) is 25.1 Å². The summed E-state index contributed by atoms with van der Waals surface area (Å²) in [7, 11) is 1.36. The molecule has 0 saturated carbocycles. The Bertz CT molecular complexity index is 471. The number of nitrogens with zero attached hydrogens (tertiary/aromatic N) is 1. The topological polar surface area (TPSA) is 46.4 Å². The minimum absolute atomic E-state index is 0.109. The third-order valence-electron chi connectivity index (χ3n) is 3.76. The number of hydrogen-bond donors (Lipinski definition) is 0. The fourth-order valence-electron chi connectivity index (χ4n) is 2.61. The largest absolute Gasteiger partial charge is 0.467 e. The molecule has 1 fully saturated rings. The van der Waals surface area contributed by atoms with Gasteiger partial charge in [-0.05, 0) is 25.5 Å². The molecule has 96 valence electrons. The van der Waals surface area contributed by atoms with Gasteiger partial charge in [0.2, 0.25) is 0 Å². The zero-order valence-electron chi connectivity index (χ0n) is 10.8. The third kappa shape index (κ3) is 1.60. The van der Waals surface area contributed by atoms with E-state index in [1.165, 1.54) is 7.11 Å². The minimum atomic E-state index is -0.776. The Morgan fingerprint density at radius 3 is 2.44 bits per heavy atom. The van der Waals surface area contributed by atoms with Gasteiger partial charge in [-0.3, -0.25) is 4.79 Å². The standard InChI is InChI=1S/C14H17NO3/c1-4-14(13(17)18-3)10(2)15(14)12(16)11-8-6-5-7-9-11/h5-10H,4H2,1-3H3/t10-,14+,15?/m0/s1. The van der Waals surface area contributed by atoms with E-state index in [-0.39, 0.29) is 17.9 Å². The first-order valence-electron chi connectivity index (χ1n) is 6.06. The average molecular weight is 247 g/mol. The van der Waals surface area contributed by atoms with Crippen molar-refractivity contribution in [2.24, 2.45) is 0 Å². The van der Waals surface area contributed by atoms with Gasteiger partial charge in [-0.25, -0.2) is 4.79 Å². The quantitative estimate of drug-likeness (QED) is 0.605. The number of rotatable bonds is 3. The summed E-state index contributed by atoms with van der Waals surface area (Å²) in [6, 6.07) is 8.88. The van der Waals surface area contributed by atoms with Gasteiger partial charge in [0.15, 0.2) is 5.54 Å². The maximum absolute atomic E-state index is 12.3. The van der Waals surface area contributed by atoms with Crippen molar-refractivity contribution < 1.29 is 14.3 Å². The Morgan fingerprint density at radius 2 is 1.94 bits per heavy atom. The molecule has 0 N–H and O–H groups in total. The van der Waals surface area contributed by atoms with Crippen LogP contribution in [0.4, 0.5) is 0 Å². The summed E-state index contributed by atoms with van der Waals surface area (Å²) in [5.41, 5.74) is -0.176. The molecule has 1 aromatic rings. The van der Waals surface area contributed by atoms with Crippen LogP contribution in [-0.4, -0.2) is 35.5 Å². The maximum atomic E-state index is 12.3. The zero-order chi connectivity index (χ0) is 13.3. The van der Waals surface area contributed by atoms with E-state index in [1.807, 2.05) is 32.0 Å². The van der Waals surface area contributed by atoms with Crippen molar-refractivity contribution in [3.63, 3.8) is 0 Å². The Hall–Kier alpha value is -1.84. The number of benzene rings is 1. The number of amides is 1. The second-order valence-electron chi connectivity index (χ2n) is 4.49. The van der Waals surface area contributed by atoms with Crippen molar-refractivity contribution >= 4 is 11.9 Å². The fraction of sp³-hybridized carbons (Fsp3) is 0.429. The Kier molecular flexibility index (Phi) is 3.11. The van der Waals surface area contributed by atoms with E-state index in [4.69, 9.17) is 4.74 Å². The number of carbonyl (C=O) groups is 2. The fourth-order valence-corrected chi connectivity index (χ4v) is 2.61. The monoisotopic (exact) mass is 247 g/mol. The van der Waals surface area contributed by atoms with E-state index in [2.05, 4.69) is 0 Å². The van der Waals surface area contributed by atoms with Crippen LogP contribution in [0.2, 0.25) is 0 Å². The lowest BCUT2D eigenvalue weighted by Gasteiger charge is -2.12. The maximum Gasteiger partial charge on any atom is 0.333 e. The summed E-state index contributed by atoms with van der Waals surface area (Å²) in [4.78, 5) is 25.8. The van der Waals surface area contributed by atoms with Crippen LogP contribution in [0.15, 0.2) is 30.3 Å². The molecular formula is C14H17NO3. The van der Waals surface area contributed by atoms with Gasteiger partial charge < -0.3 is 9.64 Å². The number of esters is 1. The lowest BCUT2D eigenvalue weighted by molar-refractivity contribution is -0.144. The number of carbonyl (C=O) groups excluding carboxylic acids is 2. The molecular weight excluding hydrogens is 230 g/mol. The highest BCUT2D eigenvalue weighted by molar-refractivity contribution is 6.03. The molecule has 0 bridgehead atoms. The smallest absolute Gasteiger partial charge is 0.333 e. The van der Waals surface area contributed by atoms with Crippen LogP contribution in [0, 0.1) is 0 Å². The number of hydrogen-bond acceptors (Lipinski definition) is 3. The molecule has 4 heteroatoms. The summed E-state index contributed by atoms with van der Waals surface area (Å²) < 4.78 is 4.82. The highest BCUT2D eigenvalue weighted by Crippen LogP contribution is 2.45. The van der Waals surface area contributed by atoms with Crippen LogP contribution < -0.4 is 0 Å². The molecule has 1 aliphatic rings. The van der Waals surface area contributed by atoms with Crippen LogP contribution in [0.5, 0.6) is 0 Å². The molecule has 0 aromatic heterocycles. The molecule has 1 heterocycles. The Morgan fingerprint density at radius 1 is 1.33 bits per heavy atom. The van der Waals surface area contributed by atoms with E-state index in [9.17, 15) is 9.59 Å². The summed E-state index contributed by atoms with van der Waals surface area (Å²) >= 11 is 0. The summed E-state index contributed by atoms with van der Waals surface area (Å²) in [6.45, 7) is 3.77. The summed E-state index contributed by atoms with van der Waals surface area (Å²) in [5, 5.41) is 0. The van der Waals surface area contributed by atoms with Gasteiger partial charge in [0.25, 0.3) is 5.91 Å². The SMILES string of the molecule is CC[C@]1(C(=O)OC)[C@H](C)N1C(=O)c1ccccc1. The van der Waals surface area contributed by atoms with Gasteiger partial charge in [-0.15, -0.1) is 0 Å². The molecule has 1 aliphatic heterocycles. The molecule has 0 unspecified atom stereocenters. The molecule has 0 aliphatic carbocycles. The second kappa shape index (κ2) is 4.44. The molecule has 0 spiro atoms. The third-order valence-corrected chi connectivity index (χ3v) is 3.76.